The molecule has 2 rings (SSSR count). The van der Waals surface area contributed by atoms with Gasteiger partial charge in [0.15, 0.2) is 0 Å². The minimum absolute atomic E-state index is 0.0472. The molecule has 6 heteroatoms. The molecule has 1 fully saturated rings. The van der Waals surface area contributed by atoms with E-state index < -0.39 is 10.0 Å². The Morgan fingerprint density at radius 2 is 1.90 bits per heavy atom. The molecule has 1 unspecified atom stereocenters. The average Bonchev–Trinajstić information content (AvgIpc) is 2.38. The molecule has 0 bridgehead atoms. The molecule has 2 N–H and O–H groups in total. The van der Waals surface area contributed by atoms with Crippen LogP contribution in [0.1, 0.15) is 31.4 Å². The molecule has 0 radical (unpaired) electrons. The zero-order chi connectivity index (χ0) is 14.8. The second-order valence-electron chi connectivity index (χ2n) is 5.38. The van der Waals surface area contributed by atoms with Crippen molar-refractivity contribution in [1.82, 2.24) is 9.62 Å². The summed E-state index contributed by atoms with van der Waals surface area (Å²) in [7, 11) is -3.07. The van der Waals surface area contributed by atoms with E-state index in [4.69, 9.17) is 0 Å². The maximum Gasteiger partial charge on any atom is 0.211 e. The fourth-order valence-corrected chi connectivity index (χ4v) is 3.53. The molecule has 1 atom stereocenters. The Morgan fingerprint density at radius 3 is 2.45 bits per heavy atom. The van der Waals surface area contributed by atoms with Crippen LogP contribution in [0.4, 0.5) is 0 Å². The minimum atomic E-state index is -3.07. The maximum absolute atomic E-state index is 11.5. The predicted molar refractivity (Wildman–Crippen MR) is 79.1 cm³/mol. The number of phenolic OH excluding ortho intramolecular Hbond substituents is 1. The van der Waals surface area contributed by atoms with Crippen molar-refractivity contribution in [2.45, 2.75) is 31.8 Å². The third-order valence-corrected chi connectivity index (χ3v) is 5.12. The number of aromatic hydroxyl groups is 1. The van der Waals surface area contributed by atoms with Crippen LogP contribution < -0.4 is 5.32 Å². The Hall–Kier alpha value is -1.11. The van der Waals surface area contributed by atoms with Gasteiger partial charge in [-0.25, -0.2) is 12.7 Å². The van der Waals surface area contributed by atoms with Gasteiger partial charge in [-0.2, -0.15) is 0 Å². The molecular formula is C14H22N2O3S. The summed E-state index contributed by atoms with van der Waals surface area (Å²) in [5.41, 5.74) is 0.873. The van der Waals surface area contributed by atoms with Crippen molar-refractivity contribution in [3.63, 3.8) is 0 Å². The Bertz CT molecular complexity index is 551. The first-order valence-corrected chi connectivity index (χ1v) is 8.72. The van der Waals surface area contributed by atoms with Gasteiger partial charge in [-0.15, -0.1) is 0 Å². The van der Waals surface area contributed by atoms with Gasteiger partial charge in [0.2, 0.25) is 10.0 Å². The van der Waals surface area contributed by atoms with E-state index in [1.54, 1.807) is 12.1 Å². The van der Waals surface area contributed by atoms with E-state index in [9.17, 15) is 13.5 Å². The molecule has 0 aromatic heterocycles. The molecule has 1 aliphatic heterocycles. The van der Waals surface area contributed by atoms with Crippen molar-refractivity contribution >= 4 is 10.0 Å². The first-order chi connectivity index (χ1) is 9.38. The fourth-order valence-electron chi connectivity index (χ4n) is 2.65. The summed E-state index contributed by atoms with van der Waals surface area (Å²) in [5, 5.41) is 13.3. The third kappa shape index (κ3) is 3.71. The lowest BCUT2D eigenvalue weighted by atomic mass is 10.0. The molecule has 1 saturated heterocycles. The SMILES string of the molecule is CC(NC1CCN(S(C)(=O)=O)CC1)c1ccccc1O. The van der Waals surface area contributed by atoms with E-state index >= 15 is 0 Å². The van der Waals surface area contributed by atoms with E-state index in [0.717, 1.165) is 18.4 Å². The number of hydrogen-bond acceptors (Lipinski definition) is 4. The van der Waals surface area contributed by atoms with Crippen LogP contribution >= 0.6 is 0 Å². The number of piperidine rings is 1. The van der Waals surface area contributed by atoms with E-state index in [2.05, 4.69) is 5.32 Å². The highest BCUT2D eigenvalue weighted by atomic mass is 32.2. The minimum Gasteiger partial charge on any atom is -0.508 e. The third-order valence-electron chi connectivity index (χ3n) is 3.81. The Balaban J connectivity index is 1.91. The fraction of sp³-hybridized carbons (Fsp3) is 0.571. The summed E-state index contributed by atoms with van der Waals surface area (Å²) < 4.78 is 24.4. The van der Waals surface area contributed by atoms with E-state index in [-0.39, 0.29) is 12.1 Å². The summed E-state index contributed by atoms with van der Waals surface area (Å²) in [5.74, 6) is 0.293. The van der Waals surface area contributed by atoms with Crippen LogP contribution in [0.2, 0.25) is 0 Å². The van der Waals surface area contributed by atoms with Crippen molar-refractivity contribution in [3.05, 3.63) is 29.8 Å². The Labute approximate surface area is 120 Å². The number of phenols is 1. The molecule has 0 spiro atoms. The lowest BCUT2D eigenvalue weighted by molar-refractivity contribution is 0.277. The normalized spacial score (nSPS) is 19.9. The van der Waals surface area contributed by atoms with Crippen molar-refractivity contribution in [2.24, 2.45) is 0 Å². The summed E-state index contributed by atoms with van der Waals surface area (Å²) in [6, 6.07) is 7.61. The molecule has 1 aliphatic rings. The summed E-state index contributed by atoms with van der Waals surface area (Å²) in [4.78, 5) is 0. The van der Waals surface area contributed by atoms with Crippen LogP contribution in [0.5, 0.6) is 5.75 Å². The second-order valence-corrected chi connectivity index (χ2v) is 7.37. The van der Waals surface area contributed by atoms with Gasteiger partial charge in [0.1, 0.15) is 5.75 Å². The van der Waals surface area contributed by atoms with Gasteiger partial charge in [0, 0.05) is 30.7 Å². The summed E-state index contributed by atoms with van der Waals surface area (Å²) >= 11 is 0. The molecule has 1 aromatic carbocycles. The lowest BCUT2D eigenvalue weighted by Gasteiger charge is -2.32. The second kappa shape index (κ2) is 6.11. The largest absolute Gasteiger partial charge is 0.508 e. The number of hydrogen-bond donors (Lipinski definition) is 2. The van der Waals surface area contributed by atoms with Crippen molar-refractivity contribution in [2.75, 3.05) is 19.3 Å². The number of sulfonamides is 1. The van der Waals surface area contributed by atoms with Crippen LogP contribution in [0, 0.1) is 0 Å². The first kappa shape index (κ1) is 15.3. The number of benzene rings is 1. The topological polar surface area (TPSA) is 69.6 Å². The summed E-state index contributed by atoms with van der Waals surface area (Å²) in [6.07, 6.45) is 2.85. The first-order valence-electron chi connectivity index (χ1n) is 6.87. The monoisotopic (exact) mass is 298 g/mol. The van der Waals surface area contributed by atoms with Gasteiger partial charge in [0.25, 0.3) is 0 Å². The molecule has 0 aliphatic carbocycles. The highest BCUT2D eigenvalue weighted by Gasteiger charge is 2.26. The van der Waals surface area contributed by atoms with Crippen LogP contribution in [-0.4, -0.2) is 43.2 Å². The smallest absolute Gasteiger partial charge is 0.211 e. The molecule has 1 heterocycles. The highest BCUT2D eigenvalue weighted by molar-refractivity contribution is 7.88. The maximum atomic E-state index is 11.5. The van der Waals surface area contributed by atoms with Gasteiger partial charge in [-0.1, -0.05) is 18.2 Å². The number of para-hydroxylation sites is 1. The van der Waals surface area contributed by atoms with Crippen molar-refractivity contribution < 1.29 is 13.5 Å². The van der Waals surface area contributed by atoms with E-state index in [1.165, 1.54) is 10.6 Å². The standard InChI is InChI=1S/C14H22N2O3S/c1-11(13-5-3-4-6-14(13)17)15-12-7-9-16(10-8-12)20(2,18)19/h3-6,11-12,15,17H,7-10H2,1-2H3. The molecule has 112 valence electrons. The molecule has 1 aromatic rings. The quantitative estimate of drug-likeness (QED) is 0.883. The van der Waals surface area contributed by atoms with Gasteiger partial charge in [0.05, 0.1) is 6.26 Å². The van der Waals surface area contributed by atoms with Crippen molar-refractivity contribution in [1.29, 1.82) is 0 Å². The zero-order valence-electron chi connectivity index (χ0n) is 11.9. The van der Waals surface area contributed by atoms with Gasteiger partial charge in [-0.05, 0) is 25.8 Å². The van der Waals surface area contributed by atoms with E-state index in [0.29, 0.717) is 18.8 Å². The predicted octanol–water partition coefficient (Wildman–Crippen LogP) is 1.47. The lowest BCUT2D eigenvalue weighted by Crippen LogP contribution is -2.45. The molecule has 5 nitrogen and oxygen atoms in total. The van der Waals surface area contributed by atoms with Gasteiger partial charge >= 0.3 is 0 Å². The van der Waals surface area contributed by atoms with Crippen LogP contribution in [0.15, 0.2) is 24.3 Å². The number of nitrogens with zero attached hydrogens (tertiary/aromatic N) is 1. The van der Waals surface area contributed by atoms with Crippen molar-refractivity contribution in [3.8, 4) is 5.75 Å². The number of rotatable bonds is 4. The average molecular weight is 298 g/mol. The van der Waals surface area contributed by atoms with E-state index in [1.807, 2.05) is 19.1 Å². The Morgan fingerprint density at radius 1 is 1.30 bits per heavy atom. The van der Waals surface area contributed by atoms with Gasteiger partial charge < -0.3 is 10.4 Å². The number of nitrogens with one attached hydrogen (secondary N) is 1. The highest BCUT2D eigenvalue weighted by Crippen LogP contribution is 2.25. The molecular weight excluding hydrogens is 276 g/mol. The zero-order valence-corrected chi connectivity index (χ0v) is 12.7. The van der Waals surface area contributed by atoms with Crippen LogP contribution in [-0.2, 0) is 10.0 Å². The summed E-state index contributed by atoms with van der Waals surface area (Å²) in [6.45, 7) is 3.13. The van der Waals surface area contributed by atoms with Crippen LogP contribution in [0.3, 0.4) is 0 Å². The molecule has 0 saturated carbocycles. The Kier molecular flexibility index (Phi) is 4.67. The molecule has 20 heavy (non-hydrogen) atoms. The van der Waals surface area contributed by atoms with Gasteiger partial charge in [-0.3, -0.25) is 0 Å². The van der Waals surface area contributed by atoms with Crippen LogP contribution in [0.25, 0.3) is 0 Å². The molecule has 0 amide bonds.